The largest absolute Gasteiger partial charge is 0.481 e. The van der Waals surface area contributed by atoms with Crippen LogP contribution in [0.3, 0.4) is 0 Å². The van der Waals surface area contributed by atoms with E-state index in [1.54, 1.807) is 7.05 Å². The number of benzene rings is 3. The molecule has 2 aliphatic carbocycles. The molecule has 0 bridgehead atoms. The maximum atomic E-state index is 14.3. The summed E-state index contributed by atoms with van der Waals surface area (Å²) in [7, 11) is -0.192. The zero-order chi connectivity index (χ0) is 38.5. The van der Waals surface area contributed by atoms with Gasteiger partial charge in [-0.15, -0.1) is 0 Å². The topological polar surface area (TPSA) is 92.7 Å². The molecular formula is C36H36F9NO5S. The summed E-state index contributed by atoms with van der Waals surface area (Å²) in [5.74, 6) is -4.12. The van der Waals surface area contributed by atoms with Gasteiger partial charge >= 0.3 is 18.3 Å². The molecule has 0 spiro atoms. The molecule has 2 N–H and O–H groups in total. The molecular weight excluding hydrogens is 729 g/mol. The Balaban J connectivity index is 0.000000470. The van der Waals surface area contributed by atoms with Crippen LogP contribution in [0.25, 0.3) is 0 Å². The van der Waals surface area contributed by atoms with E-state index in [1.807, 2.05) is 0 Å². The molecule has 3 aromatic rings. The van der Waals surface area contributed by atoms with Crippen molar-refractivity contribution in [2.24, 2.45) is 11.8 Å². The number of carbonyl (C=O) groups is 2. The molecule has 16 heteroatoms. The molecule has 2 saturated carbocycles. The number of nitrogens with one attached hydrogen (secondary N) is 1. The highest BCUT2D eigenvalue weighted by molar-refractivity contribution is 7.86. The Bertz CT molecular complexity index is 1670. The van der Waals surface area contributed by atoms with Crippen LogP contribution in [0.1, 0.15) is 61.6 Å². The molecule has 0 aliphatic heterocycles. The van der Waals surface area contributed by atoms with Crippen molar-refractivity contribution in [2.45, 2.75) is 85.2 Å². The number of halogens is 9. The predicted octanol–water partition coefficient (Wildman–Crippen LogP) is 8.49. The molecule has 6 nitrogen and oxygen atoms in total. The lowest BCUT2D eigenvalue weighted by Gasteiger charge is -2.38. The molecule has 0 heterocycles. The third kappa shape index (κ3) is 8.54. The van der Waals surface area contributed by atoms with Gasteiger partial charge in [-0.3, -0.25) is 9.00 Å². The summed E-state index contributed by atoms with van der Waals surface area (Å²) in [6, 6.07) is 10.1. The Kier molecular flexibility index (Phi) is 13.0. The average molecular weight is 766 g/mol. The van der Waals surface area contributed by atoms with E-state index in [9.17, 15) is 53.3 Å². The smallest absolute Gasteiger partial charge is 0.430 e. The SMILES string of the molecule is CNC1CCC(c2ccc(C(OCc3c(F)cccc3F)(C(F)(F)F)C(F)(F)F)cc2)(S(=O)c2ccc(F)cc2)C1.O=CC1CCC(C(=O)O)CC1. The molecule has 5 rings (SSSR count). The highest BCUT2D eigenvalue weighted by Gasteiger charge is 2.73. The molecule has 2 fully saturated rings. The minimum absolute atomic E-state index is 0.116. The van der Waals surface area contributed by atoms with E-state index in [2.05, 4.69) is 10.1 Å². The number of carbonyl (C=O) groups excluding carboxylic acids is 1. The lowest BCUT2D eigenvalue weighted by atomic mass is 9.83. The summed E-state index contributed by atoms with van der Waals surface area (Å²) in [5, 5.41) is 11.7. The van der Waals surface area contributed by atoms with Crippen molar-refractivity contribution in [2.75, 3.05) is 7.05 Å². The van der Waals surface area contributed by atoms with Crippen LogP contribution < -0.4 is 5.32 Å². The van der Waals surface area contributed by atoms with Gasteiger partial charge in [-0.2, -0.15) is 26.3 Å². The number of hydrogen-bond donors (Lipinski definition) is 2. The van der Waals surface area contributed by atoms with Gasteiger partial charge in [-0.1, -0.05) is 30.3 Å². The summed E-state index contributed by atoms with van der Waals surface area (Å²) < 4.78 is 144. The monoisotopic (exact) mass is 765 g/mol. The van der Waals surface area contributed by atoms with Crippen LogP contribution in [0.15, 0.2) is 71.6 Å². The first-order valence-electron chi connectivity index (χ1n) is 16.2. The van der Waals surface area contributed by atoms with Crippen molar-refractivity contribution in [1.82, 2.24) is 5.32 Å². The van der Waals surface area contributed by atoms with Crippen molar-refractivity contribution in [3.63, 3.8) is 0 Å². The molecule has 3 aromatic carbocycles. The molecule has 0 saturated heterocycles. The number of carboxylic acids is 1. The van der Waals surface area contributed by atoms with E-state index < -0.39 is 74.7 Å². The number of alkyl halides is 6. The van der Waals surface area contributed by atoms with Crippen LogP contribution in [-0.2, 0) is 42.1 Å². The van der Waals surface area contributed by atoms with Gasteiger partial charge in [0, 0.05) is 28.0 Å². The van der Waals surface area contributed by atoms with Crippen LogP contribution in [0.2, 0.25) is 0 Å². The number of hydrogen-bond acceptors (Lipinski definition) is 5. The first-order chi connectivity index (χ1) is 24.4. The Morgan fingerprint density at radius 2 is 1.44 bits per heavy atom. The normalized spacial score (nSPS) is 23.0. The van der Waals surface area contributed by atoms with Gasteiger partial charge in [0.1, 0.15) is 23.7 Å². The van der Waals surface area contributed by atoms with E-state index in [1.165, 1.54) is 12.1 Å². The minimum Gasteiger partial charge on any atom is -0.481 e. The van der Waals surface area contributed by atoms with Crippen LogP contribution in [0.4, 0.5) is 39.5 Å². The standard InChI is InChI=1S/C28H24F9NO2S.C8H12O3/c1-38-20-13-14-25(15-20,41(39)21-11-9-19(29)10-12-21)17-5-7-18(8-6-17)26(27(32,33)34,28(35,36)37)40-16-22-23(30)3-2-4-24(22)31;9-5-6-1-3-7(4-2-6)8(10)11/h2-12,20,38H,13-16H2,1H3;5-7H,1-4H2,(H,10,11). The Morgan fingerprint density at radius 1 is 0.885 bits per heavy atom. The van der Waals surface area contributed by atoms with Crippen molar-refractivity contribution >= 4 is 23.1 Å². The van der Waals surface area contributed by atoms with E-state index in [0.717, 1.165) is 49.5 Å². The predicted molar refractivity (Wildman–Crippen MR) is 172 cm³/mol. The number of aliphatic carboxylic acids is 1. The molecule has 0 radical (unpaired) electrons. The van der Waals surface area contributed by atoms with Gasteiger partial charge in [-0.25, -0.2) is 13.2 Å². The summed E-state index contributed by atoms with van der Waals surface area (Å²) in [5.41, 5.74) is -7.19. The first kappa shape index (κ1) is 41.0. The summed E-state index contributed by atoms with van der Waals surface area (Å²) in [4.78, 5) is 21.0. The fourth-order valence-electron chi connectivity index (χ4n) is 6.67. The van der Waals surface area contributed by atoms with Gasteiger partial charge < -0.3 is 20.0 Å². The van der Waals surface area contributed by atoms with E-state index in [4.69, 9.17) is 5.11 Å². The number of aldehydes is 1. The van der Waals surface area contributed by atoms with E-state index in [-0.39, 0.29) is 41.2 Å². The zero-order valence-electron chi connectivity index (χ0n) is 27.7. The summed E-state index contributed by atoms with van der Waals surface area (Å²) >= 11 is 0. The Labute approximate surface area is 296 Å². The number of ether oxygens (including phenoxy) is 1. The minimum atomic E-state index is -6.09. The third-order valence-corrected chi connectivity index (χ3v) is 11.7. The quantitative estimate of drug-likeness (QED) is 0.159. The van der Waals surface area contributed by atoms with Crippen molar-refractivity contribution < 1.29 is 63.2 Å². The highest BCUT2D eigenvalue weighted by atomic mass is 32.2. The fraction of sp³-hybridized carbons (Fsp3) is 0.444. The lowest BCUT2D eigenvalue weighted by molar-refractivity contribution is -0.392. The molecule has 3 unspecified atom stereocenters. The number of carboxylic acid groups (broad SMARTS) is 1. The van der Waals surface area contributed by atoms with Gasteiger partial charge in [0.05, 0.1) is 28.1 Å². The second-order valence-electron chi connectivity index (χ2n) is 12.8. The van der Waals surface area contributed by atoms with Gasteiger partial charge in [0.25, 0.3) is 5.60 Å². The van der Waals surface area contributed by atoms with Crippen LogP contribution >= 0.6 is 0 Å². The maximum absolute atomic E-state index is 14.3. The van der Waals surface area contributed by atoms with E-state index >= 15 is 0 Å². The van der Waals surface area contributed by atoms with Crippen LogP contribution in [0.5, 0.6) is 0 Å². The second-order valence-corrected chi connectivity index (χ2v) is 14.6. The van der Waals surface area contributed by atoms with Crippen LogP contribution in [0, 0.1) is 29.3 Å². The zero-order valence-corrected chi connectivity index (χ0v) is 28.5. The summed E-state index contributed by atoms with van der Waals surface area (Å²) in [6.45, 7) is -1.67. The fourth-order valence-corrected chi connectivity index (χ4v) is 8.51. The Hall–Kier alpha value is -3.76. The molecule has 2 aliphatic rings. The lowest BCUT2D eigenvalue weighted by Crippen LogP contribution is -2.56. The molecule has 0 aromatic heterocycles. The summed E-state index contributed by atoms with van der Waals surface area (Å²) in [6.07, 6.45) is -7.39. The molecule has 3 atom stereocenters. The van der Waals surface area contributed by atoms with Gasteiger partial charge in [0.2, 0.25) is 0 Å². The Morgan fingerprint density at radius 3 is 1.90 bits per heavy atom. The van der Waals surface area contributed by atoms with Crippen molar-refractivity contribution in [1.29, 1.82) is 0 Å². The van der Waals surface area contributed by atoms with Crippen molar-refractivity contribution in [3.05, 3.63) is 101 Å². The van der Waals surface area contributed by atoms with Gasteiger partial charge in [0.15, 0.2) is 0 Å². The van der Waals surface area contributed by atoms with E-state index in [0.29, 0.717) is 43.5 Å². The highest BCUT2D eigenvalue weighted by Crippen LogP contribution is 2.54. The third-order valence-electron chi connectivity index (χ3n) is 9.69. The molecule has 52 heavy (non-hydrogen) atoms. The van der Waals surface area contributed by atoms with Gasteiger partial charge in [-0.05, 0) is 94.0 Å². The molecule has 284 valence electrons. The molecule has 0 amide bonds. The van der Waals surface area contributed by atoms with Crippen LogP contribution in [-0.4, -0.2) is 47.0 Å². The van der Waals surface area contributed by atoms with Crippen molar-refractivity contribution in [3.8, 4) is 0 Å². The average Bonchev–Trinajstić information content (AvgIpc) is 3.55. The second kappa shape index (κ2) is 16.5. The number of rotatable bonds is 10. The first-order valence-corrected chi connectivity index (χ1v) is 17.4. The maximum Gasteiger partial charge on any atom is 0.430 e.